The van der Waals surface area contributed by atoms with Crippen molar-refractivity contribution >= 4 is 34.6 Å². The summed E-state index contributed by atoms with van der Waals surface area (Å²) in [4.78, 5) is 15.1. The maximum Gasteiger partial charge on any atom is 0.345 e. The van der Waals surface area contributed by atoms with Crippen molar-refractivity contribution in [1.29, 1.82) is 0 Å². The number of carbonyl (C=O) groups is 1. The van der Waals surface area contributed by atoms with Crippen LogP contribution in [0.5, 0.6) is 17.2 Å². The third-order valence-electron chi connectivity index (χ3n) is 7.27. The van der Waals surface area contributed by atoms with E-state index in [1.807, 2.05) is 24.3 Å². The lowest BCUT2D eigenvalue weighted by Gasteiger charge is -2.33. The molecule has 40 heavy (non-hydrogen) atoms. The molecule has 2 aliphatic heterocycles. The van der Waals surface area contributed by atoms with Gasteiger partial charge in [-0.2, -0.15) is 0 Å². The van der Waals surface area contributed by atoms with Crippen molar-refractivity contribution in [2.45, 2.75) is 25.9 Å². The highest BCUT2D eigenvalue weighted by Gasteiger charge is 2.37. The molecule has 1 N–H and O–H groups in total. The molecule has 6 nitrogen and oxygen atoms in total. The first-order valence-electron chi connectivity index (χ1n) is 13.0. The van der Waals surface area contributed by atoms with Gasteiger partial charge in [0.1, 0.15) is 17.2 Å². The van der Waals surface area contributed by atoms with Crippen LogP contribution in [0.3, 0.4) is 0 Å². The summed E-state index contributed by atoms with van der Waals surface area (Å²) in [5.41, 5.74) is 7.62. The zero-order valence-electron chi connectivity index (χ0n) is 22.7. The van der Waals surface area contributed by atoms with Crippen LogP contribution in [0.2, 0.25) is 5.02 Å². The Morgan fingerprint density at radius 2 is 1.62 bits per heavy atom. The number of ether oxygens (including phenoxy) is 3. The summed E-state index contributed by atoms with van der Waals surface area (Å²) in [6.07, 6.45) is 2.27. The predicted molar refractivity (Wildman–Crippen MR) is 160 cm³/mol. The second-order valence-electron chi connectivity index (χ2n) is 10.4. The van der Waals surface area contributed by atoms with Crippen LogP contribution in [-0.4, -0.2) is 25.7 Å². The van der Waals surface area contributed by atoms with Gasteiger partial charge in [0, 0.05) is 35.1 Å². The number of anilines is 2. The second kappa shape index (κ2) is 9.96. The number of carbonyl (C=O) groups excluding carboxylic acids is 1. The smallest absolute Gasteiger partial charge is 0.345 e. The molecule has 0 bridgehead atoms. The number of nitrogens with one attached hydrogen (secondary N) is 1. The molecule has 4 aromatic carbocycles. The van der Waals surface area contributed by atoms with E-state index in [1.54, 1.807) is 50.6 Å². The van der Waals surface area contributed by atoms with Gasteiger partial charge in [-0.15, -0.1) is 0 Å². The summed E-state index contributed by atoms with van der Waals surface area (Å²) in [5, 5.41) is 4.01. The monoisotopic (exact) mass is 552 g/mol. The van der Waals surface area contributed by atoms with E-state index in [-0.39, 0.29) is 5.54 Å². The standard InChI is InChI=1S/C33H29ClN2O4/c1-33(2)18-28-31-24(19-36(28)27-11-7-8-12-29(27)38-3)21(15-16-26(31)35-33)22-14-13-20(17-30(22)39-4)40-32(37)23-9-5-6-10-25(23)34/h5-18,35H,19H2,1-4H3. The van der Waals surface area contributed by atoms with E-state index in [4.69, 9.17) is 25.8 Å². The molecule has 7 heteroatoms. The van der Waals surface area contributed by atoms with Crippen LogP contribution in [-0.2, 0) is 6.54 Å². The second-order valence-corrected chi connectivity index (χ2v) is 10.8. The van der Waals surface area contributed by atoms with Crippen LogP contribution in [0.25, 0.3) is 16.8 Å². The summed E-state index contributed by atoms with van der Waals surface area (Å²) in [5.74, 6) is 1.27. The molecule has 0 aromatic heterocycles. The minimum atomic E-state index is -0.524. The highest BCUT2D eigenvalue weighted by Crippen LogP contribution is 2.51. The molecule has 202 valence electrons. The molecule has 0 fully saturated rings. The van der Waals surface area contributed by atoms with Crippen molar-refractivity contribution < 1.29 is 19.0 Å². The van der Waals surface area contributed by atoms with Crippen LogP contribution in [0.4, 0.5) is 11.4 Å². The maximum atomic E-state index is 12.8. The summed E-state index contributed by atoms with van der Waals surface area (Å²) >= 11 is 6.19. The molecule has 0 aliphatic carbocycles. The summed E-state index contributed by atoms with van der Waals surface area (Å²) in [6.45, 7) is 5.00. The lowest BCUT2D eigenvalue weighted by molar-refractivity contribution is 0.0734. The molecule has 0 saturated carbocycles. The van der Waals surface area contributed by atoms with Gasteiger partial charge in [0.2, 0.25) is 0 Å². The Balaban J connectivity index is 1.42. The number of para-hydroxylation sites is 2. The highest BCUT2D eigenvalue weighted by atomic mass is 35.5. The van der Waals surface area contributed by atoms with Gasteiger partial charge in [-0.3, -0.25) is 0 Å². The normalized spacial score (nSPS) is 14.6. The molecule has 0 radical (unpaired) electrons. The van der Waals surface area contributed by atoms with Gasteiger partial charge in [-0.25, -0.2) is 4.79 Å². The Labute approximate surface area is 238 Å². The minimum absolute atomic E-state index is 0.226. The predicted octanol–water partition coefficient (Wildman–Crippen LogP) is 7.81. The molecule has 0 atom stereocenters. The Morgan fingerprint density at radius 3 is 2.40 bits per heavy atom. The average molecular weight is 553 g/mol. The third kappa shape index (κ3) is 4.44. The zero-order valence-corrected chi connectivity index (χ0v) is 23.5. The molecule has 0 unspecified atom stereocenters. The third-order valence-corrected chi connectivity index (χ3v) is 7.60. The quantitative estimate of drug-likeness (QED) is 0.194. The highest BCUT2D eigenvalue weighted by molar-refractivity contribution is 6.33. The summed E-state index contributed by atoms with van der Waals surface area (Å²) in [7, 11) is 3.32. The van der Waals surface area contributed by atoms with Crippen LogP contribution >= 0.6 is 11.6 Å². The number of hydrogen-bond acceptors (Lipinski definition) is 6. The Hall–Kier alpha value is -4.42. The number of methoxy groups -OCH3 is 2. The number of nitrogens with zero attached hydrogens (tertiary/aromatic N) is 1. The van der Waals surface area contributed by atoms with Gasteiger partial charge < -0.3 is 24.4 Å². The van der Waals surface area contributed by atoms with Crippen LogP contribution in [0.1, 0.15) is 35.3 Å². The van der Waals surface area contributed by atoms with Crippen molar-refractivity contribution in [3.63, 3.8) is 0 Å². The van der Waals surface area contributed by atoms with Gasteiger partial charge in [-0.05, 0) is 73.5 Å². The van der Waals surface area contributed by atoms with Crippen molar-refractivity contribution in [3.8, 4) is 28.4 Å². The van der Waals surface area contributed by atoms with E-state index in [0.29, 0.717) is 28.6 Å². The van der Waals surface area contributed by atoms with Gasteiger partial charge >= 0.3 is 5.97 Å². The van der Waals surface area contributed by atoms with Gasteiger partial charge in [0.05, 0.1) is 36.0 Å². The van der Waals surface area contributed by atoms with Gasteiger partial charge in [-0.1, -0.05) is 41.9 Å². The van der Waals surface area contributed by atoms with E-state index in [2.05, 4.69) is 48.3 Å². The molecule has 0 saturated heterocycles. The SMILES string of the molecule is COc1cc(OC(=O)c2ccccc2Cl)ccc1-c1ccc2c3c1CN(c1ccccc1OC)C3=CC(C)(C)N2. The summed E-state index contributed by atoms with van der Waals surface area (Å²) < 4.78 is 17.2. The fraction of sp³-hybridized carbons (Fsp3) is 0.182. The minimum Gasteiger partial charge on any atom is -0.496 e. The molecular formula is C33H29ClN2O4. The van der Waals surface area contributed by atoms with Crippen LogP contribution < -0.4 is 24.4 Å². The molecule has 2 heterocycles. The van der Waals surface area contributed by atoms with Crippen molar-refractivity contribution in [3.05, 3.63) is 107 Å². The van der Waals surface area contributed by atoms with E-state index < -0.39 is 5.97 Å². The average Bonchev–Trinajstić information content (AvgIpc) is 3.32. The first-order valence-corrected chi connectivity index (χ1v) is 13.4. The van der Waals surface area contributed by atoms with E-state index >= 15 is 0 Å². The van der Waals surface area contributed by atoms with E-state index in [9.17, 15) is 4.79 Å². The Bertz CT molecular complexity index is 1680. The molecule has 0 spiro atoms. The van der Waals surface area contributed by atoms with Crippen molar-refractivity contribution in [2.75, 3.05) is 24.4 Å². The molecule has 4 aromatic rings. The molecule has 2 aliphatic rings. The maximum absolute atomic E-state index is 12.8. The Morgan fingerprint density at radius 1 is 0.900 bits per heavy atom. The fourth-order valence-electron chi connectivity index (χ4n) is 5.53. The van der Waals surface area contributed by atoms with Crippen molar-refractivity contribution in [1.82, 2.24) is 0 Å². The van der Waals surface area contributed by atoms with Crippen LogP contribution in [0, 0.1) is 0 Å². The topological polar surface area (TPSA) is 60.0 Å². The largest absolute Gasteiger partial charge is 0.496 e. The van der Waals surface area contributed by atoms with Crippen molar-refractivity contribution in [2.24, 2.45) is 0 Å². The Kier molecular flexibility index (Phi) is 6.43. The van der Waals surface area contributed by atoms with Gasteiger partial charge in [0.15, 0.2) is 0 Å². The number of halogens is 1. The molecular weight excluding hydrogens is 524 g/mol. The first kappa shape index (κ1) is 25.8. The number of hydrogen-bond donors (Lipinski definition) is 1. The van der Waals surface area contributed by atoms with Gasteiger partial charge in [0.25, 0.3) is 0 Å². The first-order chi connectivity index (χ1) is 19.3. The fourth-order valence-corrected chi connectivity index (χ4v) is 5.74. The number of benzene rings is 4. The number of esters is 1. The lowest BCUT2D eigenvalue weighted by atomic mass is 9.89. The van der Waals surface area contributed by atoms with E-state index in [1.165, 1.54) is 11.1 Å². The van der Waals surface area contributed by atoms with Crippen LogP contribution in [0.15, 0.2) is 84.9 Å². The van der Waals surface area contributed by atoms with E-state index in [0.717, 1.165) is 33.9 Å². The zero-order chi connectivity index (χ0) is 28.0. The summed E-state index contributed by atoms with van der Waals surface area (Å²) in [6, 6.07) is 24.6. The number of rotatable bonds is 6. The molecule has 0 amide bonds. The molecule has 6 rings (SSSR count). The lowest BCUT2D eigenvalue weighted by Crippen LogP contribution is -2.33.